The van der Waals surface area contributed by atoms with Gasteiger partial charge in [-0.3, -0.25) is 0 Å². The fourth-order valence-electron chi connectivity index (χ4n) is 4.34. The van der Waals surface area contributed by atoms with Crippen molar-refractivity contribution in [2.45, 2.75) is 46.4 Å². The summed E-state index contributed by atoms with van der Waals surface area (Å²) in [7, 11) is 0. The lowest BCUT2D eigenvalue weighted by atomic mass is 10.2. The number of benzene rings is 2. The number of H-pyrrole nitrogens is 1. The van der Waals surface area contributed by atoms with E-state index in [1.165, 1.54) is 23.8 Å². The van der Waals surface area contributed by atoms with Gasteiger partial charge in [0.2, 0.25) is 5.88 Å². The molecule has 0 saturated heterocycles. The molecule has 11 nitrogen and oxygen atoms in total. The van der Waals surface area contributed by atoms with Crippen molar-refractivity contribution < 1.29 is 32.9 Å². The maximum Gasteiger partial charge on any atom is 0.408 e. The molecule has 0 bridgehead atoms. The van der Waals surface area contributed by atoms with Gasteiger partial charge in [-0.15, -0.1) is 0 Å². The summed E-state index contributed by atoms with van der Waals surface area (Å²) in [6.07, 6.45) is 1.56. The van der Waals surface area contributed by atoms with Gasteiger partial charge in [0.25, 0.3) is 0 Å². The zero-order chi connectivity index (χ0) is 29.8. The molecule has 2 aromatic carbocycles. The van der Waals surface area contributed by atoms with Crippen LogP contribution in [0, 0.1) is 19.7 Å². The number of ether oxygens (including phenoxy) is 4. The fraction of sp³-hybridized carbons (Fsp3) is 0.267. The monoisotopic (exact) mass is 577 g/mol. The second kappa shape index (κ2) is 12.2. The number of amides is 1. The van der Waals surface area contributed by atoms with Crippen LogP contribution in [-0.4, -0.2) is 50.4 Å². The fourth-order valence-corrected chi connectivity index (χ4v) is 4.34. The molecule has 0 aliphatic heterocycles. The van der Waals surface area contributed by atoms with Gasteiger partial charge in [-0.2, -0.15) is 10.1 Å². The third-order valence-corrected chi connectivity index (χ3v) is 6.48. The van der Waals surface area contributed by atoms with Gasteiger partial charge in [-0.25, -0.2) is 18.5 Å². The second-order valence-electron chi connectivity index (χ2n) is 9.86. The van der Waals surface area contributed by atoms with E-state index in [4.69, 9.17) is 18.9 Å². The smallest absolute Gasteiger partial charge is 0.408 e. The number of hydrogen-bond acceptors (Lipinski definition) is 8. The van der Waals surface area contributed by atoms with Gasteiger partial charge < -0.3 is 29.2 Å². The van der Waals surface area contributed by atoms with Crippen LogP contribution in [0.4, 0.5) is 9.18 Å². The summed E-state index contributed by atoms with van der Waals surface area (Å²) in [5, 5.41) is 7.09. The quantitative estimate of drug-likeness (QED) is 0.212. The number of nitrogens with zero attached hydrogens (tertiary/aromatic N) is 3. The second-order valence-corrected chi connectivity index (χ2v) is 9.86. The number of aromatic nitrogens is 4. The average molecular weight is 578 g/mol. The van der Waals surface area contributed by atoms with Crippen LogP contribution in [0.15, 0.2) is 61.1 Å². The molecule has 0 unspecified atom stereocenters. The summed E-state index contributed by atoms with van der Waals surface area (Å²) >= 11 is 0. The maximum absolute atomic E-state index is 15.1. The van der Waals surface area contributed by atoms with Crippen LogP contribution < -0.4 is 14.8 Å². The van der Waals surface area contributed by atoms with Crippen LogP contribution in [0.2, 0.25) is 0 Å². The summed E-state index contributed by atoms with van der Waals surface area (Å²) in [6, 6.07) is 13.3. The van der Waals surface area contributed by atoms with Crippen LogP contribution in [-0.2, 0) is 20.9 Å². The van der Waals surface area contributed by atoms with E-state index in [1.807, 2.05) is 37.3 Å². The topological polar surface area (TPSA) is 129 Å². The molecule has 3 heterocycles. The highest BCUT2D eigenvalue weighted by atomic mass is 19.1. The summed E-state index contributed by atoms with van der Waals surface area (Å²) in [4.78, 5) is 31.9. The number of esters is 1. The molecule has 5 aromatic rings. The number of hydrogen-bond donors (Lipinski definition) is 2. The molecule has 5 rings (SSSR count). The van der Waals surface area contributed by atoms with Crippen LogP contribution in [0.25, 0.3) is 16.4 Å². The third kappa shape index (κ3) is 6.27. The summed E-state index contributed by atoms with van der Waals surface area (Å²) in [6.45, 7) is 6.92. The first-order chi connectivity index (χ1) is 20.2. The van der Waals surface area contributed by atoms with Gasteiger partial charge in [-0.1, -0.05) is 30.3 Å². The van der Waals surface area contributed by atoms with Crippen molar-refractivity contribution in [3.63, 3.8) is 0 Å². The van der Waals surface area contributed by atoms with Gasteiger partial charge in [0.15, 0.2) is 11.6 Å². The maximum atomic E-state index is 15.1. The first-order valence-electron chi connectivity index (χ1n) is 13.3. The summed E-state index contributed by atoms with van der Waals surface area (Å²) in [5.41, 5.74) is 3.48. The van der Waals surface area contributed by atoms with Crippen molar-refractivity contribution >= 4 is 28.5 Å². The van der Waals surface area contributed by atoms with Crippen LogP contribution >= 0.6 is 0 Å². The Morgan fingerprint density at radius 1 is 1.12 bits per heavy atom. The van der Waals surface area contributed by atoms with Gasteiger partial charge >= 0.3 is 12.1 Å². The number of halogens is 1. The summed E-state index contributed by atoms with van der Waals surface area (Å²) < 4.78 is 39.0. The molecule has 0 saturated carbocycles. The number of nitrogens with one attached hydrogen (secondary N) is 2. The molecule has 2 N–H and O–H groups in total. The molecule has 42 heavy (non-hydrogen) atoms. The minimum absolute atomic E-state index is 0.0242. The van der Waals surface area contributed by atoms with Gasteiger partial charge in [0.05, 0.1) is 6.20 Å². The van der Waals surface area contributed by atoms with E-state index in [1.54, 1.807) is 32.2 Å². The molecule has 12 heteroatoms. The normalized spacial score (nSPS) is 12.6. The predicted molar refractivity (Wildman–Crippen MR) is 151 cm³/mol. The number of rotatable bonds is 10. The van der Waals surface area contributed by atoms with E-state index >= 15 is 4.39 Å². The minimum atomic E-state index is -0.931. The first-order valence-corrected chi connectivity index (χ1v) is 13.3. The highest BCUT2D eigenvalue weighted by Gasteiger charge is 2.22. The van der Waals surface area contributed by atoms with E-state index < -0.39 is 30.0 Å². The third-order valence-electron chi connectivity index (χ3n) is 6.48. The molecule has 3 aromatic heterocycles. The Kier molecular flexibility index (Phi) is 8.23. The first kappa shape index (κ1) is 28.4. The Bertz CT molecular complexity index is 1730. The number of fused-ring (bicyclic) bond motifs is 2. The predicted octanol–water partition coefficient (Wildman–Crippen LogP) is 5.38. The number of carbonyl (C=O) groups excluding carboxylic acids is 2. The Hall–Kier alpha value is -5.13. The van der Waals surface area contributed by atoms with Crippen molar-refractivity contribution in [3.8, 4) is 17.4 Å². The SMILES string of the molecule is Cc1cc2c(F)c(Oc3n[14cH]nn4cc(OC[C@@H](C)OC(=O)[C@H](C)NC(=O)OCc5ccccc5)c(C)c34)ccc2[nH]1. The van der Waals surface area contributed by atoms with Crippen molar-refractivity contribution in [3.05, 3.63) is 83.7 Å². The number of carbonyl (C=O) groups is 2. The molecular weight excluding hydrogens is 547 g/mol. The molecule has 0 fully saturated rings. The van der Waals surface area contributed by atoms with Crippen molar-refractivity contribution in [1.82, 2.24) is 24.9 Å². The van der Waals surface area contributed by atoms with E-state index in [9.17, 15) is 9.59 Å². The van der Waals surface area contributed by atoms with E-state index in [-0.39, 0.29) is 24.8 Å². The Morgan fingerprint density at radius 3 is 2.69 bits per heavy atom. The highest BCUT2D eigenvalue weighted by molar-refractivity contribution is 5.83. The molecule has 1 amide bonds. The molecule has 0 aliphatic rings. The molecule has 0 radical (unpaired) electrons. The standard InChI is InChI=1S/C30H30FN5O6/c1-17-12-22-23(34-17)10-11-24(26(22)31)42-28-27-19(3)25(13-36(27)33-16-32-28)39-14-18(2)41-29(37)20(4)35-30(38)40-15-21-8-6-5-7-9-21/h5-13,16,18,20,34H,14-15H2,1-4H3,(H,35,38)/t18-,20+/m1/s1/i16+2. The van der Waals surface area contributed by atoms with Crippen LogP contribution in [0.1, 0.15) is 30.7 Å². The summed E-state index contributed by atoms with van der Waals surface area (Å²) in [5.74, 6) is -0.507. The molecule has 218 valence electrons. The van der Waals surface area contributed by atoms with Gasteiger partial charge in [0, 0.05) is 22.2 Å². The molecular formula is C30H30FN5O6. The van der Waals surface area contributed by atoms with E-state index in [0.717, 1.165) is 11.3 Å². The lowest BCUT2D eigenvalue weighted by molar-refractivity contribution is -0.151. The average Bonchev–Trinajstić information content (AvgIpc) is 3.52. The lowest BCUT2D eigenvalue weighted by Crippen LogP contribution is -2.41. The van der Waals surface area contributed by atoms with Crippen LogP contribution in [0.3, 0.4) is 0 Å². The van der Waals surface area contributed by atoms with Gasteiger partial charge in [0.1, 0.15) is 43.0 Å². The molecule has 2 atom stereocenters. The number of aryl methyl sites for hydroxylation is 2. The Morgan fingerprint density at radius 2 is 1.90 bits per heavy atom. The molecule has 0 aliphatic carbocycles. The lowest BCUT2D eigenvalue weighted by Gasteiger charge is -2.18. The zero-order valence-electron chi connectivity index (χ0n) is 23.5. The van der Waals surface area contributed by atoms with E-state index in [0.29, 0.717) is 27.7 Å². The number of alkyl carbamates (subject to hydrolysis) is 1. The van der Waals surface area contributed by atoms with E-state index in [2.05, 4.69) is 20.4 Å². The van der Waals surface area contributed by atoms with Crippen LogP contribution in [0.5, 0.6) is 17.4 Å². The largest absolute Gasteiger partial charge is 0.488 e. The highest BCUT2D eigenvalue weighted by Crippen LogP contribution is 2.34. The Labute approximate surface area is 240 Å². The zero-order valence-corrected chi connectivity index (χ0v) is 23.5. The van der Waals surface area contributed by atoms with Crippen molar-refractivity contribution in [1.29, 1.82) is 0 Å². The van der Waals surface area contributed by atoms with Crippen molar-refractivity contribution in [2.75, 3.05) is 6.61 Å². The minimum Gasteiger partial charge on any atom is -0.488 e. The van der Waals surface area contributed by atoms with Crippen molar-refractivity contribution in [2.24, 2.45) is 0 Å². The molecule has 0 spiro atoms. The Balaban J connectivity index is 1.18. The van der Waals surface area contributed by atoms with Gasteiger partial charge in [-0.05, 0) is 51.5 Å². The number of aromatic amines is 1.